The van der Waals surface area contributed by atoms with E-state index in [1.54, 1.807) is 25.1 Å². The summed E-state index contributed by atoms with van der Waals surface area (Å²) in [6.45, 7) is 1.71. The van der Waals surface area contributed by atoms with Crippen molar-refractivity contribution in [3.8, 4) is 17.2 Å². The lowest BCUT2D eigenvalue weighted by molar-refractivity contribution is -0.122. The number of hydrogen-bond donors (Lipinski definition) is 1. The Balaban J connectivity index is 1.68. The molecule has 1 N–H and O–H groups in total. The number of para-hydroxylation sites is 3. The van der Waals surface area contributed by atoms with Crippen molar-refractivity contribution in [2.24, 2.45) is 0 Å². The van der Waals surface area contributed by atoms with Crippen LogP contribution in [-0.4, -0.2) is 12.0 Å². The second-order valence-electron chi connectivity index (χ2n) is 5.61. The second-order valence-corrected chi connectivity index (χ2v) is 6.53. The van der Waals surface area contributed by atoms with Crippen LogP contribution >= 0.6 is 15.9 Å². The zero-order valence-electron chi connectivity index (χ0n) is 14.2. The molecule has 3 rings (SSSR count). The smallest absolute Gasteiger partial charge is 0.265 e. The third kappa shape index (κ3) is 4.86. The molecule has 26 heavy (non-hydrogen) atoms. The normalized spacial score (nSPS) is 11.5. The van der Waals surface area contributed by atoms with Crippen LogP contribution in [0.2, 0.25) is 0 Å². The van der Waals surface area contributed by atoms with Gasteiger partial charge in [0.1, 0.15) is 11.5 Å². The summed E-state index contributed by atoms with van der Waals surface area (Å²) in [6, 6.07) is 24.1. The average molecular weight is 412 g/mol. The zero-order valence-corrected chi connectivity index (χ0v) is 15.8. The maximum atomic E-state index is 12.5. The molecule has 1 atom stereocenters. The van der Waals surface area contributed by atoms with E-state index >= 15 is 0 Å². The van der Waals surface area contributed by atoms with Gasteiger partial charge in [0.15, 0.2) is 11.9 Å². The van der Waals surface area contributed by atoms with Gasteiger partial charge in [-0.3, -0.25) is 4.79 Å². The summed E-state index contributed by atoms with van der Waals surface area (Å²) in [5, 5.41) is 2.86. The first-order chi connectivity index (χ1) is 12.6. The third-order valence-electron chi connectivity index (χ3n) is 3.61. The van der Waals surface area contributed by atoms with E-state index in [1.165, 1.54) is 0 Å². The molecule has 0 saturated carbocycles. The van der Waals surface area contributed by atoms with Gasteiger partial charge in [-0.25, -0.2) is 0 Å². The predicted molar refractivity (Wildman–Crippen MR) is 106 cm³/mol. The number of rotatable bonds is 6. The molecule has 0 fully saturated rings. The third-order valence-corrected chi connectivity index (χ3v) is 4.14. The largest absolute Gasteiger partial charge is 0.481 e. The number of benzene rings is 3. The summed E-state index contributed by atoms with van der Waals surface area (Å²) >= 11 is 3.37. The molecule has 0 unspecified atom stereocenters. The Morgan fingerprint density at radius 2 is 1.54 bits per heavy atom. The molecule has 3 aromatic carbocycles. The first-order valence-corrected chi connectivity index (χ1v) is 8.96. The van der Waals surface area contributed by atoms with Gasteiger partial charge < -0.3 is 14.8 Å². The number of carbonyl (C=O) groups is 1. The van der Waals surface area contributed by atoms with Crippen LogP contribution in [0.25, 0.3) is 0 Å². The number of carbonyl (C=O) groups excluding carboxylic acids is 1. The lowest BCUT2D eigenvalue weighted by atomic mass is 10.2. The first kappa shape index (κ1) is 18.0. The number of nitrogens with one attached hydrogen (secondary N) is 1. The maximum absolute atomic E-state index is 12.5. The van der Waals surface area contributed by atoms with Crippen molar-refractivity contribution in [1.82, 2.24) is 0 Å². The molecule has 0 spiro atoms. The summed E-state index contributed by atoms with van der Waals surface area (Å²) in [6.07, 6.45) is -0.652. The molecule has 132 valence electrons. The van der Waals surface area contributed by atoms with Gasteiger partial charge in [-0.15, -0.1) is 0 Å². The maximum Gasteiger partial charge on any atom is 0.265 e. The summed E-state index contributed by atoms with van der Waals surface area (Å²) < 4.78 is 12.5. The molecule has 0 aliphatic carbocycles. The Bertz CT molecular complexity index is 866. The lowest BCUT2D eigenvalue weighted by Crippen LogP contribution is -2.30. The zero-order chi connectivity index (χ0) is 18.4. The van der Waals surface area contributed by atoms with E-state index in [1.807, 2.05) is 60.7 Å². The molecular formula is C21H18BrNO3. The minimum Gasteiger partial charge on any atom is -0.481 e. The molecule has 0 aromatic heterocycles. The molecule has 3 aromatic rings. The van der Waals surface area contributed by atoms with Crippen LogP contribution in [0.5, 0.6) is 17.2 Å². The van der Waals surface area contributed by atoms with Gasteiger partial charge >= 0.3 is 0 Å². The van der Waals surface area contributed by atoms with Crippen molar-refractivity contribution < 1.29 is 14.3 Å². The minimum absolute atomic E-state index is 0.253. The molecule has 0 radical (unpaired) electrons. The van der Waals surface area contributed by atoms with E-state index in [2.05, 4.69) is 21.2 Å². The molecule has 4 nitrogen and oxygen atoms in total. The molecule has 0 saturated heterocycles. The monoisotopic (exact) mass is 411 g/mol. The molecule has 1 amide bonds. The Hall–Kier alpha value is -2.79. The van der Waals surface area contributed by atoms with Gasteiger partial charge in [-0.1, -0.05) is 46.3 Å². The standard InChI is InChI=1S/C21H18BrNO3/c1-15(25-18-13-11-16(22)12-14-18)21(24)23-19-9-5-6-10-20(19)26-17-7-3-2-4-8-17/h2-15H,1H3,(H,23,24)/t15-/m1/s1. The lowest BCUT2D eigenvalue weighted by Gasteiger charge is -2.16. The SMILES string of the molecule is C[C@@H](Oc1ccc(Br)cc1)C(=O)Nc1ccccc1Oc1ccccc1. The Morgan fingerprint density at radius 3 is 2.27 bits per heavy atom. The van der Waals surface area contributed by atoms with E-state index in [4.69, 9.17) is 9.47 Å². The van der Waals surface area contributed by atoms with Crippen molar-refractivity contribution in [2.45, 2.75) is 13.0 Å². The molecule has 0 aliphatic heterocycles. The summed E-state index contributed by atoms with van der Waals surface area (Å²) in [4.78, 5) is 12.5. The first-order valence-electron chi connectivity index (χ1n) is 8.17. The van der Waals surface area contributed by atoms with Crippen LogP contribution in [0.4, 0.5) is 5.69 Å². The highest BCUT2D eigenvalue weighted by Gasteiger charge is 2.17. The summed E-state index contributed by atoms with van der Waals surface area (Å²) in [5.74, 6) is 1.65. The van der Waals surface area contributed by atoms with Gasteiger partial charge in [-0.05, 0) is 55.5 Å². The quantitative estimate of drug-likeness (QED) is 0.570. The van der Waals surface area contributed by atoms with E-state index in [9.17, 15) is 4.79 Å². The average Bonchev–Trinajstić information content (AvgIpc) is 2.66. The van der Waals surface area contributed by atoms with Crippen molar-refractivity contribution in [1.29, 1.82) is 0 Å². The highest BCUT2D eigenvalue weighted by molar-refractivity contribution is 9.10. The van der Waals surface area contributed by atoms with Crippen molar-refractivity contribution in [2.75, 3.05) is 5.32 Å². The van der Waals surface area contributed by atoms with Gasteiger partial charge in [0.25, 0.3) is 5.91 Å². The Morgan fingerprint density at radius 1 is 0.885 bits per heavy atom. The molecular weight excluding hydrogens is 394 g/mol. The highest BCUT2D eigenvalue weighted by Crippen LogP contribution is 2.29. The number of ether oxygens (including phenoxy) is 2. The number of anilines is 1. The fourth-order valence-corrected chi connectivity index (χ4v) is 2.54. The van der Waals surface area contributed by atoms with Crippen LogP contribution in [0.1, 0.15) is 6.92 Å². The predicted octanol–water partition coefficient (Wildman–Crippen LogP) is 5.65. The van der Waals surface area contributed by atoms with Crippen LogP contribution in [-0.2, 0) is 4.79 Å². The second kappa shape index (κ2) is 8.54. The fourth-order valence-electron chi connectivity index (χ4n) is 2.28. The van der Waals surface area contributed by atoms with E-state index < -0.39 is 6.10 Å². The number of halogens is 1. The minimum atomic E-state index is -0.652. The van der Waals surface area contributed by atoms with Crippen molar-refractivity contribution in [3.05, 3.63) is 83.3 Å². The molecule has 0 bridgehead atoms. The fraction of sp³-hybridized carbons (Fsp3) is 0.0952. The Kier molecular flexibility index (Phi) is 5.92. The number of hydrogen-bond acceptors (Lipinski definition) is 3. The summed E-state index contributed by atoms with van der Waals surface area (Å²) in [5.41, 5.74) is 0.590. The van der Waals surface area contributed by atoms with Crippen LogP contribution in [0.15, 0.2) is 83.3 Å². The Labute approximate surface area is 160 Å². The van der Waals surface area contributed by atoms with Crippen LogP contribution in [0.3, 0.4) is 0 Å². The van der Waals surface area contributed by atoms with Gasteiger partial charge in [0.05, 0.1) is 5.69 Å². The van der Waals surface area contributed by atoms with Gasteiger partial charge in [0.2, 0.25) is 0 Å². The molecule has 0 heterocycles. The van der Waals surface area contributed by atoms with Crippen molar-refractivity contribution in [3.63, 3.8) is 0 Å². The van der Waals surface area contributed by atoms with E-state index in [-0.39, 0.29) is 5.91 Å². The molecule has 0 aliphatic rings. The van der Waals surface area contributed by atoms with Crippen LogP contribution < -0.4 is 14.8 Å². The highest BCUT2D eigenvalue weighted by atomic mass is 79.9. The molecule has 5 heteroatoms. The van der Waals surface area contributed by atoms with E-state index in [0.717, 1.165) is 4.47 Å². The van der Waals surface area contributed by atoms with Gasteiger partial charge in [0, 0.05) is 4.47 Å². The van der Waals surface area contributed by atoms with Crippen molar-refractivity contribution >= 4 is 27.5 Å². The van der Waals surface area contributed by atoms with E-state index in [0.29, 0.717) is 22.9 Å². The topological polar surface area (TPSA) is 47.6 Å². The summed E-state index contributed by atoms with van der Waals surface area (Å²) in [7, 11) is 0. The van der Waals surface area contributed by atoms with Crippen LogP contribution in [0, 0.1) is 0 Å². The van der Waals surface area contributed by atoms with Gasteiger partial charge in [-0.2, -0.15) is 0 Å². The number of amides is 1.